The summed E-state index contributed by atoms with van der Waals surface area (Å²) in [5, 5.41) is 0. The van der Waals surface area contributed by atoms with Crippen LogP contribution in [0, 0.1) is 18.8 Å². The van der Waals surface area contributed by atoms with E-state index in [0.29, 0.717) is 17.8 Å². The van der Waals surface area contributed by atoms with Crippen molar-refractivity contribution in [2.24, 2.45) is 11.8 Å². The van der Waals surface area contributed by atoms with Crippen molar-refractivity contribution < 1.29 is 0 Å². The molecule has 2 heterocycles. The first-order valence-corrected chi connectivity index (χ1v) is 17.7. The summed E-state index contributed by atoms with van der Waals surface area (Å²) >= 11 is 1.77. The Hall–Kier alpha value is -4.35. The fourth-order valence-corrected chi connectivity index (χ4v) is 7.38. The summed E-state index contributed by atoms with van der Waals surface area (Å²) in [5.41, 5.74) is 12.1. The highest BCUT2D eigenvalue weighted by atomic mass is 32.2. The van der Waals surface area contributed by atoms with Crippen molar-refractivity contribution in [1.82, 2.24) is 19.1 Å². The molecule has 0 unspecified atom stereocenters. The van der Waals surface area contributed by atoms with Crippen LogP contribution >= 0.6 is 11.8 Å². The van der Waals surface area contributed by atoms with Gasteiger partial charge in [0.1, 0.15) is 0 Å². The third kappa shape index (κ3) is 7.47. The zero-order chi connectivity index (χ0) is 33.1. The number of aromatic nitrogens is 4. The lowest BCUT2D eigenvalue weighted by Gasteiger charge is -2.18. The van der Waals surface area contributed by atoms with E-state index < -0.39 is 0 Å². The summed E-state index contributed by atoms with van der Waals surface area (Å²) in [6.07, 6.45) is 10.4. The van der Waals surface area contributed by atoms with Crippen LogP contribution in [0.3, 0.4) is 0 Å². The molecule has 2 aromatic heterocycles. The molecule has 0 fully saturated rings. The molecule has 4 nitrogen and oxygen atoms in total. The Bertz CT molecular complexity index is 1950. The van der Waals surface area contributed by atoms with Crippen LogP contribution in [0.25, 0.3) is 33.9 Å². The predicted octanol–water partition coefficient (Wildman–Crippen LogP) is 11.4. The molecule has 0 radical (unpaired) electrons. The van der Waals surface area contributed by atoms with Crippen LogP contribution in [0.15, 0.2) is 120 Å². The van der Waals surface area contributed by atoms with Crippen LogP contribution in [0.5, 0.6) is 0 Å². The van der Waals surface area contributed by atoms with Gasteiger partial charge in [-0.1, -0.05) is 114 Å². The summed E-state index contributed by atoms with van der Waals surface area (Å²) in [6.45, 7) is 15.8. The van der Waals surface area contributed by atoms with E-state index in [2.05, 4.69) is 155 Å². The lowest BCUT2D eigenvalue weighted by atomic mass is 9.94. The van der Waals surface area contributed by atoms with E-state index in [4.69, 9.17) is 9.97 Å². The molecule has 0 aliphatic rings. The van der Waals surface area contributed by atoms with Crippen LogP contribution < -0.4 is 0 Å². The number of rotatable bonds is 11. The molecule has 0 spiro atoms. The summed E-state index contributed by atoms with van der Waals surface area (Å²) in [6, 6.07) is 30.7. The van der Waals surface area contributed by atoms with Gasteiger partial charge in [-0.3, -0.25) is 0 Å². The molecule has 5 heteroatoms. The Labute approximate surface area is 284 Å². The Kier molecular flexibility index (Phi) is 9.84. The monoisotopic (exact) mass is 638 g/mol. The molecule has 4 aromatic carbocycles. The molecule has 0 aliphatic heterocycles. The van der Waals surface area contributed by atoms with Gasteiger partial charge in [0.2, 0.25) is 0 Å². The highest BCUT2D eigenvalue weighted by Gasteiger charge is 2.16. The molecule has 0 saturated carbocycles. The molecular formula is C42H46N4S. The number of nitrogens with zero attached hydrogens (tertiary/aromatic N) is 4. The smallest absolute Gasteiger partial charge is 0.0999 e. The number of para-hydroxylation sites is 2. The van der Waals surface area contributed by atoms with Crippen molar-refractivity contribution in [3.63, 3.8) is 0 Å². The van der Waals surface area contributed by atoms with Gasteiger partial charge < -0.3 is 9.13 Å². The molecule has 6 aromatic rings. The number of benzene rings is 4. The van der Waals surface area contributed by atoms with Crippen molar-refractivity contribution in [3.8, 4) is 33.9 Å². The van der Waals surface area contributed by atoms with Crippen LogP contribution in [-0.2, 0) is 12.8 Å². The highest BCUT2D eigenvalue weighted by Crippen LogP contribution is 2.34. The summed E-state index contributed by atoms with van der Waals surface area (Å²) in [5.74, 6) is 1.60. The fourth-order valence-electron chi connectivity index (χ4n) is 6.45. The van der Waals surface area contributed by atoms with E-state index >= 15 is 0 Å². The third-order valence-corrected chi connectivity index (χ3v) is 9.51. The van der Waals surface area contributed by atoms with Crippen LogP contribution in [0.4, 0.5) is 0 Å². The minimum atomic E-state index is 0.433. The highest BCUT2D eigenvalue weighted by molar-refractivity contribution is 7.99. The van der Waals surface area contributed by atoms with Gasteiger partial charge >= 0.3 is 0 Å². The molecule has 0 saturated heterocycles. The second-order valence-electron chi connectivity index (χ2n) is 13.8. The van der Waals surface area contributed by atoms with Gasteiger partial charge in [-0.2, -0.15) is 0 Å². The molecule has 47 heavy (non-hydrogen) atoms. The van der Waals surface area contributed by atoms with Gasteiger partial charge in [0.15, 0.2) is 0 Å². The maximum absolute atomic E-state index is 4.90. The van der Waals surface area contributed by atoms with E-state index in [1.54, 1.807) is 11.8 Å². The minimum Gasteiger partial charge on any atom is -0.305 e. The van der Waals surface area contributed by atoms with Crippen molar-refractivity contribution in [2.75, 3.05) is 0 Å². The van der Waals surface area contributed by atoms with Crippen molar-refractivity contribution in [3.05, 3.63) is 132 Å². The largest absolute Gasteiger partial charge is 0.305 e. The quantitative estimate of drug-likeness (QED) is 0.142. The van der Waals surface area contributed by atoms with Crippen LogP contribution in [0.1, 0.15) is 69.7 Å². The Morgan fingerprint density at radius 1 is 0.596 bits per heavy atom. The average molecular weight is 639 g/mol. The minimum absolute atomic E-state index is 0.433. The second kappa shape index (κ2) is 14.2. The fraction of sp³-hybridized carbons (Fsp3) is 0.286. The SMILES string of the molecule is Cc1cccc(C(C)C)c1-n1cnc(-c2cccc(Sc3cccc(-c4cn(-c5c(CC(C)C)cccc5CC(C)C)cn4)c3)c2)c1. The van der Waals surface area contributed by atoms with Gasteiger partial charge in [-0.15, -0.1) is 0 Å². The second-order valence-corrected chi connectivity index (χ2v) is 14.9. The number of hydrogen-bond donors (Lipinski definition) is 0. The normalized spacial score (nSPS) is 11.7. The lowest BCUT2D eigenvalue weighted by molar-refractivity contribution is 0.631. The molecule has 6 rings (SSSR count). The van der Waals surface area contributed by atoms with Gasteiger partial charge in [0, 0.05) is 33.3 Å². The maximum atomic E-state index is 4.90. The summed E-state index contributed by atoms with van der Waals surface area (Å²) < 4.78 is 4.42. The van der Waals surface area contributed by atoms with Crippen molar-refractivity contribution >= 4 is 11.8 Å². The maximum Gasteiger partial charge on any atom is 0.0999 e. The standard InChI is InChI=1S/C42H46N4S/c1-28(2)20-34-15-9-16-35(21-29(3)4)42(34)46-25-40(44-27-46)33-14-11-18-37(23-33)47-36-17-10-13-32(22-36)39-24-45(26-43-39)41-31(7)12-8-19-38(41)30(5)6/h8-19,22-30H,20-21H2,1-7H3. The first-order valence-electron chi connectivity index (χ1n) is 16.8. The van der Waals surface area contributed by atoms with Gasteiger partial charge in [-0.25, -0.2) is 9.97 Å². The number of imidazole rings is 2. The van der Waals surface area contributed by atoms with Gasteiger partial charge in [0.05, 0.1) is 35.4 Å². The zero-order valence-corrected chi connectivity index (χ0v) is 29.6. The summed E-state index contributed by atoms with van der Waals surface area (Å²) in [4.78, 5) is 12.1. The molecule has 0 N–H and O–H groups in total. The van der Waals surface area contributed by atoms with E-state index in [-0.39, 0.29) is 0 Å². The van der Waals surface area contributed by atoms with E-state index in [0.717, 1.165) is 35.4 Å². The first kappa shape index (κ1) is 32.6. The van der Waals surface area contributed by atoms with Crippen molar-refractivity contribution in [2.45, 2.75) is 77.0 Å². The molecule has 0 aliphatic carbocycles. The van der Waals surface area contributed by atoms with Gasteiger partial charge in [0.25, 0.3) is 0 Å². The number of hydrogen-bond acceptors (Lipinski definition) is 3. The van der Waals surface area contributed by atoms with E-state index in [1.807, 2.05) is 12.7 Å². The molecule has 0 amide bonds. The molecular weight excluding hydrogens is 593 g/mol. The topological polar surface area (TPSA) is 35.6 Å². The van der Waals surface area contributed by atoms with Crippen LogP contribution in [-0.4, -0.2) is 19.1 Å². The van der Waals surface area contributed by atoms with E-state index in [1.165, 1.54) is 43.4 Å². The Morgan fingerprint density at radius 2 is 1.09 bits per heavy atom. The molecule has 0 bridgehead atoms. The van der Waals surface area contributed by atoms with Crippen LogP contribution in [0.2, 0.25) is 0 Å². The Morgan fingerprint density at radius 3 is 1.60 bits per heavy atom. The zero-order valence-electron chi connectivity index (χ0n) is 28.7. The van der Waals surface area contributed by atoms with E-state index in [9.17, 15) is 0 Å². The first-order chi connectivity index (χ1) is 22.7. The van der Waals surface area contributed by atoms with Crippen molar-refractivity contribution in [1.29, 1.82) is 0 Å². The third-order valence-electron chi connectivity index (χ3n) is 8.53. The molecule has 240 valence electrons. The summed E-state index contributed by atoms with van der Waals surface area (Å²) in [7, 11) is 0. The molecule has 0 atom stereocenters. The predicted molar refractivity (Wildman–Crippen MR) is 198 cm³/mol. The lowest BCUT2D eigenvalue weighted by Crippen LogP contribution is -2.07. The average Bonchev–Trinajstić information content (AvgIpc) is 3.72. The Balaban J connectivity index is 1.25. The number of aryl methyl sites for hydroxylation is 1. The van der Waals surface area contributed by atoms with Gasteiger partial charge in [-0.05, 0) is 84.0 Å².